The van der Waals surface area contributed by atoms with Gasteiger partial charge in [0.15, 0.2) is 5.78 Å². The summed E-state index contributed by atoms with van der Waals surface area (Å²) >= 11 is 12.2. The van der Waals surface area contributed by atoms with Crippen LogP contribution in [0.1, 0.15) is 15.9 Å². The summed E-state index contributed by atoms with van der Waals surface area (Å²) in [5, 5.41) is 1.98. The van der Waals surface area contributed by atoms with Gasteiger partial charge in [-0.05, 0) is 30.4 Å². The molecule has 0 radical (unpaired) electrons. The van der Waals surface area contributed by atoms with Crippen molar-refractivity contribution in [3.8, 4) is 0 Å². The molecule has 22 heavy (non-hydrogen) atoms. The smallest absolute Gasteiger partial charge is 0.188 e. The molecule has 1 aromatic heterocycles. The molecular weight excluding hydrogens is 317 g/mol. The lowest BCUT2D eigenvalue weighted by Crippen LogP contribution is -1.93. The van der Waals surface area contributed by atoms with E-state index >= 15 is 0 Å². The van der Waals surface area contributed by atoms with Gasteiger partial charge < -0.3 is 4.57 Å². The second-order valence-electron chi connectivity index (χ2n) is 5.00. The van der Waals surface area contributed by atoms with Crippen LogP contribution in [0, 0.1) is 0 Å². The fraction of sp³-hybridized carbons (Fsp3) is 0.0556. The van der Waals surface area contributed by atoms with Gasteiger partial charge >= 0.3 is 0 Å². The quantitative estimate of drug-likeness (QED) is 0.467. The van der Waals surface area contributed by atoms with Crippen LogP contribution in [-0.4, -0.2) is 10.4 Å². The van der Waals surface area contributed by atoms with Crippen molar-refractivity contribution in [2.24, 2.45) is 7.05 Å². The number of hydrogen-bond donors (Lipinski definition) is 0. The summed E-state index contributed by atoms with van der Waals surface area (Å²) in [6.45, 7) is 0. The average molecular weight is 330 g/mol. The summed E-state index contributed by atoms with van der Waals surface area (Å²) in [5.41, 5.74) is 2.34. The molecule has 0 amide bonds. The molecule has 4 heteroatoms. The average Bonchev–Trinajstić information content (AvgIpc) is 2.84. The van der Waals surface area contributed by atoms with Gasteiger partial charge in [0.25, 0.3) is 0 Å². The minimum Gasteiger partial charge on any atom is -0.350 e. The maximum absolute atomic E-state index is 12.5. The Morgan fingerprint density at radius 2 is 1.73 bits per heavy atom. The molecule has 1 heterocycles. The number of carbonyl (C=O) groups is 1. The molecule has 0 aliphatic carbocycles. The molecule has 110 valence electrons. The van der Waals surface area contributed by atoms with E-state index in [9.17, 15) is 4.79 Å². The van der Waals surface area contributed by atoms with Crippen molar-refractivity contribution in [1.29, 1.82) is 0 Å². The van der Waals surface area contributed by atoms with Gasteiger partial charge in [-0.25, -0.2) is 0 Å². The van der Waals surface area contributed by atoms with E-state index in [0.29, 0.717) is 21.2 Å². The Morgan fingerprint density at radius 3 is 2.45 bits per heavy atom. The molecule has 3 aromatic rings. The first-order valence-corrected chi connectivity index (χ1v) is 7.54. The summed E-state index contributed by atoms with van der Waals surface area (Å²) in [7, 11) is 1.92. The van der Waals surface area contributed by atoms with Gasteiger partial charge in [0, 0.05) is 45.3 Å². The molecule has 0 aliphatic heterocycles. The van der Waals surface area contributed by atoms with Crippen molar-refractivity contribution in [2.75, 3.05) is 0 Å². The molecule has 2 aromatic carbocycles. The second kappa shape index (κ2) is 5.99. The summed E-state index contributed by atoms with van der Waals surface area (Å²) in [5.74, 6) is -0.0761. The van der Waals surface area contributed by atoms with E-state index in [-0.39, 0.29) is 5.78 Å². The molecule has 0 fully saturated rings. The molecule has 0 bridgehead atoms. The highest BCUT2D eigenvalue weighted by atomic mass is 35.5. The van der Waals surface area contributed by atoms with Crippen molar-refractivity contribution >= 4 is 46.0 Å². The molecule has 0 aliphatic rings. The number of halogens is 2. The molecule has 0 saturated carbocycles. The minimum atomic E-state index is -0.0761. The lowest BCUT2D eigenvalue weighted by molar-refractivity contribution is 0.104. The normalized spacial score (nSPS) is 11.4. The van der Waals surface area contributed by atoms with E-state index in [2.05, 4.69) is 0 Å². The molecule has 0 saturated heterocycles. The largest absolute Gasteiger partial charge is 0.350 e. The Balaban J connectivity index is 1.99. The van der Waals surface area contributed by atoms with Gasteiger partial charge in [-0.15, -0.1) is 0 Å². The molecular formula is C18H13Cl2NO. The fourth-order valence-corrected chi connectivity index (χ4v) is 2.98. The zero-order valence-electron chi connectivity index (χ0n) is 11.9. The highest BCUT2D eigenvalue weighted by Crippen LogP contribution is 2.26. The van der Waals surface area contributed by atoms with Gasteiger partial charge in [0.1, 0.15) is 0 Å². The first kappa shape index (κ1) is 14.9. The number of aromatic nitrogens is 1. The Labute approximate surface area is 138 Å². The number of hydrogen-bond acceptors (Lipinski definition) is 1. The maximum Gasteiger partial charge on any atom is 0.188 e. The summed E-state index contributed by atoms with van der Waals surface area (Å²) in [6, 6.07) is 13.1. The van der Waals surface area contributed by atoms with E-state index in [4.69, 9.17) is 23.2 Å². The van der Waals surface area contributed by atoms with Gasteiger partial charge in [-0.2, -0.15) is 0 Å². The predicted molar refractivity (Wildman–Crippen MR) is 92.7 cm³/mol. The van der Waals surface area contributed by atoms with Crippen LogP contribution in [0.25, 0.3) is 17.0 Å². The molecule has 0 spiro atoms. The number of benzene rings is 2. The summed E-state index contributed by atoms with van der Waals surface area (Å²) in [6.07, 6.45) is 5.01. The van der Waals surface area contributed by atoms with Crippen molar-refractivity contribution in [3.05, 3.63) is 75.9 Å². The highest BCUT2D eigenvalue weighted by Gasteiger charge is 2.11. The molecule has 3 rings (SSSR count). The fourth-order valence-electron chi connectivity index (χ4n) is 2.46. The third-order valence-corrected chi connectivity index (χ3v) is 4.22. The lowest BCUT2D eigenvalue weighted by Gasteiger charge is -2.00. The maximum atomic E-state index is 12.5. The predicted octanol–water partition coefficient (Wildman–Crippen LogP) is 5.38. The van der Waals surface area contributed by atoms with Crippen LogP contribution in [0.2, 0.25) is 10.0 Å². The van der Waals surface area contributed by atoms with Crippen molar-refractivity contribution in [2.45, 2.75) is 0 Å². The van der Waals surface area contributed by atoms with Crippen LogP contribution in [0.5, 0.6) is 0 Å². The topological polar surface area (TPSA) is 22.0 Å². The highest BCUT2D eigenvalue weighted by molar-refractivity contribution is 6.37. The van der Waals surface area contributed by atoms with Crippen LogP contribution in [0.15, 0.2) is 54.7 Å². The van der Waals surface area contributed by atoms with Crippen LogP contribution < -0.4 is 0 Å². The van der Waals surface area contributed by atoms with Crippen LogP contribution in [-0.2, 0) is 7.05 Å². The number of rotatable bonds is 3. The number of nitrogens with zero attached hydrogens (tertiary/aromatic N) is 1. The van der Waals surface area contributed by atoms with Crippen LogP contribution >= 0.6 is 23.2 Å². The van der Waals surface area contributed by atoms with Gasteiger partial charge in [0.2, 0.25) is 0 Å². The van der Waals surface area contributed by atoms with Crippen LogP contribution in [0.4, 0.5) is 0 Å². The number of fused-ring (bicyclic) bond motifs is 1. The third kappa shape index (κ3) is 2.68. The zero-order valence-corrected chi connectivity index (χ0v) is 13.4. The number of aryl methyl sites for hydroxylation is 1. The van der Waals surface area contributed by atoms with E-state index in [0.717, 1.165) is 10.9 Å². The SMILES string of the molecule is Cn1cc(C(=O)/C=C/c2c(Cl)cccc2Cl)c2ccccc21. The van der Waals surface area contributed by atoms with Crippen molar-refractivity contribution < 1.29 is 4.79 Å². The van der Waals surface area contributed by atoms with Crippen LogP contribution in [0.3, 0.4) is 0 Å². The third-order valence-electron chi connectivity index (χ3n) is 3.56. The molecule has 2 nitrogen and oxygen atoms in total. The van der Waals surface area contributed by atoms with Gasteiger partial charge in [-0.1, -0.05) is 47.5 Å². The number of carbonyl (C=O) groups excluding carboxylic acids is 1. The number of allylic oxidation sites excluding steroid dienone is 1. The standard InChI is InChI=1S/C18H13Cl2NO/c1-21-11-14(12-5-2-3-8-17(12)21)18(22)10-9-13-15(19)6-4-7-16(13)20/h2-11H,1H3/b10-9+. The monoisotopic (exact) mass is 329 g/mol. The van der Waals surface area contributed by atoms with E-state index < -0.39 is 0 Å². The van der Waals surface area contributed by atoms with E-state index in [1.807, 2.05) is 42.1 Å². The zero-order chi connectivity index (χ0) is 15.7. The Kier molecular flexibility index (Phi) is 4.06. The molecule has 0 N–H and O–H groups in total. The van der Waals surface area contributed by atoms with Gasteiger partial charge in [-0.3, -0.25) is 4.79 Å². The first-order chi connectivity index (χ1) is 10.6. The summed E-state index contributed by atoms with van der Waals surface area (Å²) < 4.78 is 1.94. The Morgan fingerprint density at radius 1 is 1.05 bits per heavy atom. The molecule has 0 unspecified atom stereocenters. The number of ketones is 1. The second-order valence-corrected chi connectivity index (χ2v) is 5.82. The minimum absolute atomic E-state index is 0.0761. The first-order valence-electron chi connectivity index (χ1n) is 6.78. The Hall–Kier alpha value is -2.03. The molecule has 0 atom stereocenters. The van der Waals surface area contributed by atoms with Gasteiger partial charge in [0.05, 0.1) is 0 Å². The Bertz CT molecular complexity index is 873. The van der Waals surface area contributed by atoms with E-state index in [1.54, 1.807) is 24.3 Å². The van der Waals surface area contributed by atoms with Crippen molar-refractivity contribution in [3.63, 3.8) is 0 Å². The number of para-hydroxylation sites is 1. The van der Waals surface area contributed by atoms with E-state index in [1.165, 1.54) is 6.08 Å². The summed E-state index contributed by atoms with van der Waals surface area (Å²) in [4.78, 5) is 12.5. The van der Waals surface area contributed by atoms with Crippen molar-refractivity contribution in [1.82, 2.24) is 4.57 Å². The lowest BCUT2D eigenvalue weighted by atomic mass is 10.1.